The normalized spacial score (nSPS) is 14.3. The lowest BCUT2D eigenvalue weighted by Crippen LogP contribution is -2.44. The molecule has 0 unspecified atom stereocenters. The molecule has 0 aliphatic heterocycles. The van der Waals surface area contributed by atoms with Crippen LogP contribution in [0, 0.1) is 5.41 Å². The molecule has 0 amide bonds. The number of alkyl halides is 2. The first-order chi connectivity index (χ1) is 16.8. The molecule has 1 aromatic rings. The third kappa shape index (κ3) is 14.0. The molecule has 0 aromatic heterocycles. The molecule has 1 aliphatic rings. The molecule has 0 spiro atoms. The summed E-state index contributed by atoms with van der Waals surface area (Å²) in [6, 6.07) is 10.2. The number of carbonyl (C=O) groups excluding carboxylic acids is 2. The molecule has 0 atom stereocenters. The van der Waals surface area contributed by atoms with E-state index in [1.807, 2.05) is 24.3 Å². The summed E-state index contributed by atoms with van der Waals surface area (Å²) in [5, 5.41) is 0.194. The zero-order valence-corrected chi connectivity index (χ0v) is 24.6. The molecule has 1 aliphatic carbocycles. The first-order valence-electron chi connectivity index (χ1n) is 12.4. The topological polar surface area (TPSA) is 46.6 Å². The molecule has 0 fully saturated rings. The number of rotatable bonds is 10. The zero-order chi connectivity index (χ0) is 27.8. The van der Waals surface area contributed by atoms with E-state index in [1.54, 1.807) is 13.8 Å². The van der Waals surface area contributed by atoms with Gasteiger partial charge in [0.2, 0.25) is 0 Å². The van der Waals surface area contributed by atoms with Crippen molar-refractivity contribution in [1.29, 1.82) is 0 Å². The van der Waals surface area contributed by atoms with E-state index in [2.05, 4.69) is 64.0 Å². The molecular weight excluding hydrogens is 493 g/mol. The molecule has 2 rings (SSSR count). The van der Waals surface area contributed by atoms with Gasteiger partial charge in [-0.05, 0) is 69.9 Å². The number of ether oxygens (including phenoxy) is 1. The second-order valence-electron chi connectivity index (χ2n) is 10.2. The average molecular weight is 539 g/mol. The van der Waals surface area contributed by atoms with Crippen LogP contribution in [0.2, 0.25) is 0 Å². The Morgan fingerprint density at radius 3 is 2.22 bits per heavy atom. The lowest BCUT2D eigenvalue weighted by molar-refractivity contribution is -0.139. The summed E-state index contributed by atoms with van der Waals surface area (Å²) >= 11 is 9.53. The Balaban J connectivity index is 0.000000725. The number of hydrogen-bond acceptors (Lipinski definition) is 4. The summed E-state index contributed by atoms with van der Waals surface area (Å²) in [6.45, 7) is 21.6. The van der Waals surface area contributed by atoms with Gasteiger partial charge in [-0.15, -0.1) is 29.8 Å². The number of carbonyl (C=O) groups is 2. The molecule has 0 bridgehead atoms. The van der Waals surface area contributed by atoms with Gasteiger partial charge in [0.1, 0.15) is 0 Å². The van der Waals surface area contributed by atoms with Crippen molar-refractivity contribution >= 4 is 35.0 Å². The fraction of sp³-hybridized carbons (Fsp3) is 0.533. The molecule has 4 nitrogen and oxygen atoms in total. The molecule has 0 N–H and O–H groups in total. The van der Waals surface area contributed by atoms with Crippen molar-refractivity contribution in [3.05, 3.63) is 72.4 Å². The molecule has 36 heavy (non-hydrogen) atoms. The number of Topliss-reactive ketones (excluding diaryl/α,β-unsaturated/α-hetero) is 1. The summed E-state index contributed by atoms with van der Waals surface area (Å²) in [5.41, 5.74) is 3.02. The number of halogens is 2. The van der Waals surface area contributed by atoms with Gasteiger partial charge in [0, 0.05) is 24.2 Å². The van der Waals surface area contributed by atoms with Crippen LogP contribution in [0.5, 0.6) is 0 Å². The third-order valence-electron chi connectivity index (χ3n) is 6.09. The molecule has 0 radical (unpaired) electrons. The highest BCUT2D eigenvalue weighted by atomic mass is 35.5. The lowest BCUT2D eigenvalue weighted by Gasteiger charge is -2.38. The summed E-state index contributed by atoms with van der Waals surface area (Å²) < 4.78 is 5.04. The predicted molar refractivity (Wildman–Crippen MR) is 154 cm³/mol. The van der Waals surface area contributed by atoms with Crippen LogP contribution in [-0.2, 0) is 20.9 Å². The predicted octanol–water partition coefficient (Wildman–Crippen LogP) is 8.10. The molecule has 1 aromatic carbocycles. The first kappa shape index (κ1) is 34.1. The van der Waals surface area contributed by atoms with Crippen LogP contribution in [0.15, 0.2) is 66.8 Å². The molecule has 6 heteroatoms. The van der Waals surface area contributed by atoms with E-state index >= 15 is 0 Å². The van der Waals surface area contributed by atoms with Crippen LogP contribution in [0.4, 0.5) is 0 Å². The summed E-state index contributed by atoms with van der Waals surface area (Å²) in [4.78, 5) is 25.0. The SMILES string of the molecule is C=CCC(C)(C)N(CC(=C)C(=O)OCC)Cc1ccccc1.CC(=O)C1=CCC(C)(C)CC1.ClCCl. The maximum absolute atomic E-state index is 11.8. The van der Waals surface area contributed by atoms with Gasteiger partial charge >= 0.3 is 5.97 Å². The Kier molecular flexibility index (Phi) is 16.6. The standard InChI is InChI=1S/C19H27NO2.C10H16O.CH2Cl2/c1-6-13-19(4,5)20(14-16(3)18(21)22-7-2)15-17-11-9-8-10-12-17;1-8(11)9-4-6-10(2,3)7-5-9;2-1-3/h6,8-12H,1,3,7,13-15H2,2,4-5H3;4H,5-7H2,1-3H3;1H2. The molecule has 0 heterocycles. The Morgan fingerprint density at radius 2 is 1.78 bits per heavy atom. The monoisotopic (exact) mass is 537 g/mol. The largest absolute Gasteiger partial charge is 0.463 e. The second kappa shape index (κ2) is 17.6. The first-order valence-corrected chi connectivity index (χ1v) is 13.5. The highest BCUT2D eigenvalue weighted by Crippen LogP contribution is 2.34. The van der Waals surface area contributed by atoms with E-state index in [1.165, 1.54) is 5.56 Å². The van der Waals surface area contributed by atoms with E-state index in [0.29, 0.717) is 24.1 Å². The van der Waals surface area contributed by atoms with Crippen molar-refractivity contribution < 1.29 is 14.3 Å². The van der Waals surface area contributed by atoms with Crippen LogP contribution in [0.1, 0.15) is 72.8 Å². The number of benzene rings is 1. The Hall–Kier alpha value is -1.88. The van der Waals surface area contributed by atoms with E-state index in [-0.39, 0.29) is 22.6 Å². The van der Waals surface area contributed by atoms with Crippen molar-refractivity contribution in [3.63, 3.8) is 0 Å². The fourth-order valence-corrected chi connectivity index (χ4v) is 3.69. The van der Waals surface area contributed by atoms with Gasteiger partial charge in [0.25, 0.3) is 0 Å². The molecule has 0 saturated heterocycles. The second-order valence-corrected chi connectivity index (χ2v) is 11.0. The van der Waals surface area contributed by atoms with Gasteiger partial charge < -0.3 is 4.74 Å². The van der Waals surface area contributed by atoms with Crippen LogP contribution in [0.3, 0.4) is 0 Å². The smallest absolute Gasteiger partial charge is 0.334 e. The Bertz CT molecular complexity index is 860. The van der Waals surface area contributed by atoms with E-state index in [0.717, 1.165) is 37.8 Å². The Morgan fingerprint density at radius 1 is 1.19 bits per heavy atom. The Labute approximate surface area is 229 Å². The van der Waals surface area contributed by atoms with Crippen LogP contribution < -0.4 is 0 Å². The van der Waals surface area contributed by atoms with Gasteiger partial charge in [-0.25, -0.2) is 4.79 Å². The quantitative estimate of drug-likeness (QED) is 0.131. The lowest BCUT2D eigenvalue weighted by atomic mass is 9.78. The number of allylic oxidation sites excluding steroid dienone is 2. The van der Waals surface area contributed by atoms with Crippen LogP contribution in [0.25, 0.3) is 0 Å². The summed E-state index contributed by atoms with van der Waals surface area (Å²) in [7, 11) is 0. The van der Waals surface area contributed by atoms with E-state index in [9.17, 15) is 9.59 Å². The highest BCUT2D eigenvalue weighted by molar-refractivity contribution is 6.40. The average Bonchev–Trinajstić information content (AvgIpc) is 2.80. The van der Waals surface area contributed by atoms with Crippen molar-refractivity contribution in [2.75, 3.05) is 18.5 Å². The minimum absolute atomic E-state index is 0.118. The van der Waals surface area contributed by atoms with E-state index in [4.69, 9.17) is 27.9 Å². The molecule has 0 saturated carbocycles. The highest BCUT2D eigenvalue weighted by Gasteiger charge is 2.27. The molecule has 202 valence electrons. The number of hydrogen-bond donors (Lipinski definition) is 0. The zero-order valence-electron chi connectivity index (χ0n) is 23.0. The number of nitrogens with zero attached hydrogens (tertiary/aromatic N) is 1. The van der Waals surface area contributed by atoms with E-state index < -0.39 is 0 Å². The van der Waals surface area contributed by atoms with Gasteiger partial charge in [0.15, 0.2) is 5.78 Å². The van der Waals surface area contributed by atoms with Crippen LogP contribution in [-0.4, -0.2) is 40.7 Å². The van der Waals surface area contributed by atoms with Crippen molar-refractivity contribution in [2.45, 2.75) is 79.3 Å². The van der Waals surface area contributed by atoms with Crippen molar-refractivity contribution in [3.8, 4) is 0 Å². The van der Waals surface area contributed by atoms with Gasteiger partial charge in [-0.2, -0.15) is 0 Å². The van der Waals surface area contributed by atoms with Gasteiger partial charge in [-0.1, -0.05) is 62.9 Å². The van der Waals surface area contributed by atoms with Crippen molar-refractivity contribution in [1.82, 2.24) is 4.90 Å². The maximum Gasteiger partial charge on any atom is 0.334 e. The van der Waals surface area contributed by atoms with Crippen LogP contribution >= 0.6 is 23.2 Å². The number of ketones is 1. The summed E-state index contributed by atoms with van der Waals surface area (Å²) in [6.07, 6.45) is 8.02. The fourth-order valence-electron chi connectivity index (χ4n) is 3.69. The third-order valence-corrected chi connectivity index (χ3v) is 6.09. The maximum atomic E-state index is 11.8. The van der Waals surface area contributed by atoms with Crippen molar-refractivity contribution in [2.24, 2.45) is 5.41 Å². The minimum atomic E-state index is -0.324. The number of esters is 1. The van der Waals surface area contributed by atoms with Gasteiger partial charge in [0.05, 0.1) is 11.9 Å². The summed E-state index contributed by atoms with van der Waals surface area (Å²) in [5.74, 6) is -0.0736. The minimum Gasteiger partial charge on any atom is -0.463 e. The van der Waals surface area contributed by atoms with Gasteiger partial charge in [-0.3, -0.25) is 9.69 Å². The molecular formula is C30H45Cl2NO3.